The Morgan fingerprint density at radius 2 is 1.79 bits per heavy atom. The van der Waals surface area contributed by atoms with Crippen LogP contribution >= 0.6 is 31.9 Å². The van der Waals surface area contributed by atoms with E-state index in [1.54, 1.807) is 0 Å². The minimum absolute atomic E-state index is 0.0912. The molecule has 100 valence electrons. The van der Waals surface area contributed by atoms with E-state index in [2.05, 4.69) is 38.8 Å². The molecule has 0 bridgehead atoms. The summed E-state index contributed by atoms with van der Waals surface area (Å²) in [6.45, 7) is 2.08. The van der Waals surface area contributed by atoms with Gasteiger partial charge < -0.3 is 10.5 Å². The van der Waals surface area contributed by atoms with Crippen LogP contribution < -0.4 is 10.5 Å². The fraction of sp³-hybridized carbons (Fsp3) is 0.200. The summed E-state index contributed by atoms with van der Waals surface area (Å²) in [5, 5.41) is 0. The van der Waals surface area contributed by atoms with Gasteiger partial charge in [0, 0.05) is 10.5 Å². The second-order valence-electron chi connectivity index (χ2n) is 4.26. The third kappa shape index (κ3) is 3.81. The van der Waals surface area contributed by atoms with Crippen molar-refractivity contribution in [3.63, 3.8) is 0 Å². The minimum atomic E-state index is 0.0912. The Kier molecular flexibility index (Phi) is 5.02. The van der Waals surface area contributed by atoms with Crippen molar-refractivity contribution in [3.05, 3.63) is 57.0 Å². The van der Waals surface area contributed by atoms with Crippen molar-refractivity contribution in [2.75, 3.05) is 0 Å². The van der Waals surface area contributed by atoms with Gasteiger partial charge >= 0.3 is 0 Å². The number of ether oxygens (including phenoxy) is 1. The fourth-order valence-electron chi connectivity index (χ4n) is 1.70. The Hall–Kier alpha value is -0.840. The lowest BCUT2D eigenvalue weighted by Crippen LogP contribution is -2.07. The van der Waals surface area contributed by atoms with Crippen LogP contribution in [0.2, 0.25) is 0 Å². The molecular weight excluding hydrogens is 370 g/mol. The summed E-state index contributed by atoms with van der Waals surface area (Å²) in [6.07, 6.45) is 0.929. The normalized spacial score (nSPS) is 12.2. The van der Waals surface area contributed by atoms with Gasteiger partial charge in [0.1, 0.15) is 11.5 Å². The molecule has 2 aromatic rings. The van der Waals surface area contributed by atoms with Crippen LogP contribution in [0.3, 0.4) is 0 Å². The zero-order valence-corrected chi connectivity index (χ0v) is 13.7. The van der Waals surface area contributed by atoms with Gasteiger partial charge in [-0.25, -0.2) is 0 Å². The van der Waals surface area contributed by atoms with Crippen molar-refractivity contribution in [1.29, 1.82) is 0 Å². The number of nitrogens with two attached hydrogens (primary N) is 1. The number of rotatable bonds is 4. The summed E-state index contributed by atoms with van der Waals surface area (Å²) in [5.41, 5.74) is 7.11. The van der Waals surface area contributed by atoms with Crippen molar-refractivity contribution < 1.29 is 4.74 Å². The first kappa shape index (κ1) is 14.6. The van der Waals surface area contributed by atoms with Gasteiger partial charge in [-0.15, -0.1) is 0 Å². The standard InChI is InChI=1S/C15H15Br2NO/c1-2-14(18)10-3-6-12(7-4-10)19-15-8-5-11(16)9-13(15)17/h3-9,14H,2,18H2,1H3. The average molecular weight is 385 g/mol. The molecule has 0 saturated heterocycles. The van der Waals surface area contributed by atoms with E-state index in [0.29, 0.717) is 0 Å². The van der Waals surface area contributed by atoms with E-state index in [4.69, 9.17) is 10.5 Å². The fourth-order valence-corrected chi connectivity index (χ4v) is 2.83. The van der Waals surface area contributed by atoms with Gasteiger partial charge in [-0.05, 0) is 58.2 Å². The molecule has 0 fully saturated rings. The molecule has 2 N–H and O–H groups in total. The molecule has 0 aromatic heterocycles. The Balaban J connectivity index is 2.15. The summed E-state index contributed by atoms with van der Waals surface area (Å²) in [7, 11) is 0. The summed E-state index contributed by atoms with van der Waals surface area (Å²) < 4.78 is 7.75. The second kappa shape index (κ2) is 6.55. The van der Waals surface area contributed by atoms with E-state index in [1.807, 2.05) is 42.5 Å². The molecule has 0 aliphatic rings. The first-order valence-electron chi connectivity index (χ1n) is 6.08. The predicted molar refractivity (Wildman–Crippen MR) is 85.6 cm³/mol. The van der Waals surface area contributed by atoms with Crippen molar-refractivity contribution in [2.45, 2.75) is 19.4 Å². The molecule has 0 aliphatic heterocycles. The highest BCUT2D eigenvalue weighted by Crippen LogP contribution is 2.32. The summed E-state index contributed by atoms with van der Waals surface area (Å²) in [5.74, 6) is 1.59. The number of hydrogen-bond donors (Lipinski definition) is 1. The molecule has 0 heterocycles. The summed E-state index contributed by atoms with van der Waals surface area (Å²) in [6, 6.07) is 13.8. The molecule has 4 heteroatoms. The van der Waals surface area contributed by atoms with E-state index in [0.717, 1.165) is 32.4 Å². The quantitative estimate of drug-likeness (QED) is 0.764. The highest BCUT2D eigenvalue weighted by Gasteiger charge is 2.06. The monoisotopic (exact) mass is 383 g/mol. The predicted octanol–water partition coefficient (Wildman–Crippen LogP) is 5.41. The van der Waals surface area contributed by atoms with Crippen LogP contribution in [0, 0.1) is 0 Å². The van der Waals surface area contributed by atoms with Gasteiger partial charge in [0.2, 0.25) is 0 Å². The van der Waals surface area contributed by atoms with Crippen molar-refractivity contribution >= 4 is 31.9 Å². The molecule has 1 atom stereocenters. The SMILES string of the molecule is CCC(N)c1ccc(Oc2ccc(Br)cc2Br)cc1. The molecule has 0 amide bonds. The maximum Gasteiger partial charge on any atom is 0.141 e. The number of hydrogen-bond acceptors (Lipinski definition) is 2. The van der Waals surface area contributed by atoms with Crippen LogP contribution in [-0.2, 0) is 0 Å². The molecule has 0 radical (unpaired) electrons. The maximum absolute atomic E-state index is 5.98. The summed E-state index contributed by atoms with van der Waals surface area (Å²) >= 11 is 6.89. The molecule has 0 spiro atoms. The Labute approximate surface area is 130 Å². The minimum Gasteiger partial charge on any atom is -0.456 e. The smallest absolute Gasteiger partial charge is 0.141 e. The third-order valence-electron chi connectivity index (χ3n) is 2.87. The molecule has 2 aromatic carbocycles. The molecule has 0 aliphatic carbocycles. The van der Waals surface area contributed by atoms with E-state index >= 15 is 0 Å². The van der Waals surface area contributed by atoms with E-state index in [9.17, 15) is 0 Å². The molecular formula is C15H15Br2NO. The topological polar surface area (TPSA) is 35.2 Å². The van der Waals surface area contributed by atoms with Gasteiger partial charge in [-0.2, -0.15) is 0 Å². The first-order valence-corrected chi connectivity index (χ1v) is 7.67. The van der Waals surface area contributed by atoms with Crippen LogP contribution in [0.1, 0.15) is 24.9 Å². The van der Waals surface area contributed by atoms with Crippen molar-refractivity contribution in [1.82, 2.24) is 0 Å². The van der Waals surface area contributed by atoms with Crippen LogP contribution in [0.4, 0.5) is 0 Å². The Bertz CT molecular complexity index is 555. The largest absolute Gasteiger partial charge is 0.456 e. The van der Waals surface area contributed by atoms with Crippen molar-refractivity contribution in [3.8, 4) is 11.5 Å². The number of benzene rings is 2. The van der Waals surface area contributed by atoms with Gasteiger partial charge in [0.15, 0.2) is 0 Å². The maximum atomic E-state index is 5.98. The zero-order chi connectivity index (χ0) is 13.8. The third-order valence-corrected chi connectivity index (χ3v) is 3.98. The van der Waals surface area contributed by atoms with Crippen LogP contribution in [-0.4, -0.2) is 0 Å². The summed E-state index contributed by atoms with van der Waals surface area (Å²) in [4.78, 5) is 0. The van der Waals surface area contributed by atoms with Gasteiger partial charge in [0.05, 0.1) is 4.47 Å². The van der Waals surface area contributed by atoms with Gasteiger partial charge in [-0.3, -0.25) is 0 Å². The van der Waals surface area contributed by atoms with Gasteiger partial charge in [0.25, 0.3) is 0 Å². The molecule has 2 nitrogen and oxygen atoms in total. The van der Waals surface area contributed by atoms with E-state index in [-0.39, 0.29) is 6.04 Å². The Morgan fingerprint density at radius 3 is 2.37 bits per heavy atom. The first-order chi connectivity index (χ1) is 9.10. The van der Waals surface area contributed by atoms with E-state index < -0.39 is 0 Å². The van der Waals surface area contributed by atoms with Crippen LogP contribution in [0.5, 0.6) is 11.5 Å². The molecule has 2 rings (SSSR count). The highest BCUT2D eigenvalue weighted by atomic mass is 79.9. The van der Waals surface area contributed by atoms with Crippen molar-refractivity contribution in [2.24, 2.45) is 5.73 Å². The molecule has 0 saturated carbocycles. The lowest BCUT2D eigenvalue weighted by molar-refractivity contribution is 0.479. The molecule has 1 unspecified atom stereocenters. The van der Waals surface area contributed by atoms with Crippen LogP contribution in [0.15, 0.2) is 51.4 Å². The van der Waals surface area contributed by atoms with Crippen LogP contribution in [0.25, 0.3) is 0 Å². The zero-order valence-electron chi connectivity index (χ0n) is 10.6. The lowest BCUT2D eigenvalue weighted by atomic mass is 10.1. The van der Waals surface area contributed by atoms with E-state index in [1.165, 1.54) is 0 Å². The molecule has 19 heavy (non-hydrogen) atoms. The second-order valence-corrected chi connectivity index (χ2v) is 6.03. The lowest BCUT2D eigenvalue weighted by Gasteiger charge is -2.11. The number of halogens is 2. The Morgan fingerprint density at radius 1 is 1.11 bits per heavy atom. The van der Waals surface area contributed by atoms with Gasteiger partial charge in [-0.1, -0.05) is 35.0 Å². The highest BCUT2D eigenvalue weighted by molar-refractivity contribution is 9.11. The average Bonchev–Trinajstić information content (AvgIpc) is 2.42.